The molecular formula is C18H22N4O3. The highest BCUT2D eigenvalue weighted by Gasteiger charge is 2.26. The summed E-state index contributed by atoms with van der Waals surface area (Å²) in [5.74, 6) is 0.549. The predicted octanol–water partition coefficient (Wildman–Crippen LogP) is 1.64. The number of amides is 1. The third-order valence-corrected chi connectivity index (χ3v) is 4.45. The fraction of sp³-hybridized carbons (Fsp3) is 0.389. The van der Waals surface area contributed by atoms with Gasteiger partial charge in [-0.15, -0.1) is 0 Å². The Balaban J connectivity index is 1.68. The van der Waals surface area contributed by atoms with Crippen molar-refractivity contribution >= 4 is 17.3 Å². The number of anilines is 2. The molecule has 3 rings (SSSR count). The van der Waals surface area contributed by atoms with Crippen LogP contribution in [0.4, 0.5) is 11.4 Å². The summed E-state index contributed by atoms with van der Waals surface area (Å²) in [4.78, 5) is 26.4. The van der Waals surface area contributed by atoms with Crippen molar-refractivity contribution in [1.29, 1.82) is 0 Å². The number of carbonyl (C=O) groups is 1. The first-order valence-corrected chi connectivity index (χ1v) is 8.30. The molecule has 7 heteroatoms. The highest BCUT2D eigenvalue weighted by Crippen LogP contribution is 2.24. The summed E-state index contributed by atoms with van der Waals surface area (Å²) >= 11 is 0. The molecule has 2 heterocycles. The van der Waals surface area contributed by atoms with E-state index in [1.165, 1.54) is 4.68 Å². The first kappa shape index (κ1) is 17.0. The number of hydrogen-bond donors (Lipinski definition) is 1. The van der Waals surface area contributed by atoms with Crippen LogP contribution in [-0.4, -0.2) is 35.9 Å². The zero-order chi connectivity index (χ0) is 17.8. The minimum Gasteiger partial charge on any atom is -0.497 e. The average Bonchev–Trinajstić information content (AvgIpc) is 2.64. The highest BCUT2D eigenvalue weighted by atomic mass is 16.5. The Bertz CT molecular complexity index is 818. The molecule has 7 nitrogen and oxygen atoms in total. The first-order valence-electron chi connectivity index (χ1n) is 8.30. The number of hydrogen-bond acceptors (Lipinski definition) is 5. The molecule has 0 bridgehead atoms. The molecule has 1 N–H and O–H groups in total. The number of nitrogens with one attached hydrogen (secondary N) is 1. The van der Waals surface area contributed by atoms with Gasteiger partial charge in [-0.1, -0.05) is 6.07 Å². The number of aryl methyl sites for hydroxylation is 1. The van der Waals surface area contributed by atoms with Gasteiger partial charge in [-0.3, -0.25) is 9.59 Å². The van der Waals surface area contributed by atoms with Gasteiger partial charge >= 0.3 is 0 Å². The summed E-state index contributed by atoms with van der Waals surface area (Å²) in [5, 5.41) is 7.01. The van der Waals surface area contributed by atoms with Gasteiger partial charge in [0.05, 0.1) is 24.9 Å². The Morgan fingerprint density at radius 2 is 2.20 bits per heavy atom. The zero-order valence-corrected chi connectivity index (χ0v) is 14.4. The van der Waals surface area contributed by atoms with Crippen molar-refractivity contribution in [2.75, 3.05) is 30.4 Å². The smallest absolute Gasteiger partial charge is 0.268 e. The topological polar surface area (TPSA) is 76.5 Å². The fourth-order valence-corrected chi connectivity index (χ4v) is 3.00. The molecule has 1 aliphatic heterocycles. The van der Waals surface area contributed by atoms with Gasteiger partial charge in [-0.2, -0.15) is 5.10 Å². The molecule has 1 fully saturated rings. The van der Waals surface area contributed by atoms with Crippen LogP contribution in [0.5, 0.6) is 5.75 Å². The maximum Gasteiger partial charge on any atom is 0.268 e. The normalized spacial score (nSPS) is 17.2. The summed E-state index contributed by atoms with van der Waals surface area (Å²) in [6.07, 6.45) is 3.39. The van der Waals surface area contributed by atoms with Gasteiger partial charge in [0.15, 0.2) is 0 Å². The Morgan fingerprint density at radius 1 is 1.36 bits per heavy atom. The van der Waals surface area contributed by atoms with Gasteiger partial charge < -0.3 is 15.0 Å². The van der Waals surface area contributed by atoms with Crippen LogP contribution in [0.15, 0.2) is 41.3 Å². The van der Waals surface area contributed by atoms with E-state index in [0.29, 0.717) is 12.3 Å². The summed E-state index contributed by atoms with van der Waals surface area (Å²) in [7, 11) is 3.21. The van der Waals surface area contributed by atoms with Crippen LogP contribution in [0.3, 0.4) is 0 Å². The summed E-state index contributed by atoms with van der Waals surface area (Å²) in [5.41, 5.74) is 1.33. The van der Waals surface area contributed by atoms with E-state index in [9.17, 15) is 9.59 Å². The van der Waals surface area contributed by atoms with Gasteiger partial charge in [0.25, 0.3) is 5.56 Å². The van der Waals surface area contributed by atoms with Gasteiger partial charge in [-0.05, 0) is 25.0 Å². The number of benzene rings is 1. The second kappa shape index (κ2) is 7.38. The van der Waals surface area contributed by atoms with E-state index in [1.807, 2.05) is 23.1 Å². The predicted molar refractivity (Wildman–Crippen MR) is 96.0 cm³/mol. The molecular weight excluding hydrogens is 320 g/mol. The molecule has 1 amide bonds. The minimum atomic E-state index is -0.152. The Labute approximate surface area is 146 Å². The fourth-order valence-electron chi connectivity index (χ4n) is 3.00. The third kappa shape index (κ3) is 3.99. The van der Waals surface area contributed by atoms with E-state index in [0.717, 1.165) is 30.8 Å². The van der Waals surface area contributed by atoms with Crippen LogP contribution >= 0.6 is 0 Å². The van der Waals surface area contributed by atoms with Crippen molar-refractivity contribution in [1.82, 2.24) is 9.78 Å². The van der Waals surface area contributed by atoms with Crippen LogP contribution in [-0.2, 0) is 11.8 Å². The Hall–Kier alpha value is -2.83. The highest BCUT2D eigenvalue weighted by molar-refractivity contribution is 5.93. The van der Waals surface area contributed by atoms with E-state index in [2.05, 4.69) is 10.4 Å². The van der Waals surface area contributed by atoms with Crippen LogP contribution in [0.2, 0.25) is 0 Å². The van der Waals surface area contributed by atoms with Crippen LogP contribution in [0.1, 0.15) is 12.8 Å². The summed E-state index contributed by atoms with van der Waals surface area (Å²) < 4.78 is 6.47. The van der Waals surface area contributed by atoms with E-state index in [1.54, 1.807) is 32.5 Å². The number of rotatable bonds is 4. The average molecular weight is 342 g/mol. The lowest BCUT2D eigenvalue weighted by Gasteiger charge is -2.33. The monoisotopic (exact) mass is 342 g/mol. The number of aromatic nitrogens is 2. The molecule has 0 aliphatic carbocycles. The molecule has 0 spiro atoms. The number of nitrogens with zero attached hydrogens (tertiary/aromatic N) is 3. The summed E-state index contributed by atoms with van der Waals surface area (Å²) in [6.45, 7) is 1.39. The van der Waals surface area contributed by atoms with Crippen molar-refractivity contribution in [3.8, 4) is 5.75 Å². The minimum absolute atomic E-state index is 0.0188. The van der Waals surface area contributed by atoms with Crippen molar-refractivity contribution in [3.05, 3.63) is 46.9 Å². The van der Waals surface area contributed by atoms with Crippen LogP contribution < -0.4 is 20.5 Å². The Morgan fingerprint density at radius 3 is 2.96 bits per heavy atom. The second-order valence-electron chi connectivity index (χ2n) is 6.18. The maximum absolute atomic E-state index is 12.6. The molecule has 25 heavy (non-hydrogen) atoms. The van der Waals surface area contributed by atoms with Gasteiger partial charge in [-0.25, -0.2) is 4.68 Å². The second-order valence-corrected chi connectivity index (χ2v) is 6.18. The molecule has 1 aliphatic rings. The van der Waals surface area contributed by atoms with Crippen LogP contribution in [0, 0.1) is 5.92 Å². The molecule has 0 radical (unpaired) electrons. The maximum atomic E-state index is 12.6. The lowest BCUT2D eigenvalue weighted by Crippen LogP contribution is -2.41. The Kier molecular flexibility index (Phi) is 5.02. The first-order chi connectivity index (χ1) is 12.1. The molecule has 1 saturated heterocycles. The molecule has 0 saturated carbocycles. The zero-order valence-electron chi connectivity index (χ0n) is 14.4. The molecule has 1 aromatic heterocycles. The van der Waals surface area contributed by atoms with Crippen LogP contribution in [0.25, 0.3) is 0 Å². The van der Waals surface area contributed by atoms with E-state index >= 15 is 0 Å². The number of ether oxygens (including phenoxy) is 1. The standard InChI is InChI=1S/C18H22N4O3/c1-21-17(23)10-15(11-19-21)22-8-4-5-13(12-22)18(24)20-14-6-3-7-16(9-14)25-2/h3,6-7,9-11,13H,4-5,8,12H2,1-2H3,(H,20,24). The largest absolute Gasteiger partial charge is 0.497 e. The van der Waals surface area contributed by atoms with Gasteiger partial charge in [0, 0.05) is 38.0 Å². The van der Waals surface area contributed by atoms with E-state index in [4.69, 9.17) is 4.74 Å². The van der Waals surface area contributed by atoms with Gasteiger partial charge in [0.2, 0.25) is 5.91 Å². The van der Waals surface area contributed by atoms with E-state index in [-0.39, 0.29) is 17.4 Å². The van der Waals surface area contributed by atoms with Crippen molar-refractivity contribution in [2.24, 2.45) is 13.0 Å². The van der Waals surface area contributed by atoms with E-state index < -0.39 is 0 Å². The molecule has 1 aromatic carbocycles. The lowest BCUT2D eigenvalue weighted by atomic mass is 9.96. The summed E-state index contributed by atoms with van der Waals surface area (Å²) in [6, 6.07) is 8.87. The molecule has 132 valence electrons. The van der Waals surface area contributed by atoms with Crippen molar-refractivity contribution in [3.63, 3.8) is 0 Å². The molecule has 2 aromatic rings. The number of piperidine rings is 1. The molecule has 1 atom stereocenters. The number of carbonyl (C=O) groups excluding carboxylic acids is 1. The molecule has 1 unspecified atom stereocenters. The van der Waals surface area contributed by atoms with Crippen molar-refractivity contribution in [2.45, 2.75) is 12.8 Å². The number of methoxy groups -OCH3 is 1. The SMILES string of the molecule is COc1cccc(NC(=O)C2CCCN(c3cnn(C)c(=O)c3)C2)c1. The van der Waals surface area contributed by atoms with Gasteiger partial charge in [0.1, 0.15) is 5.75 Å². The lowest BCUT2D eigenvalue weighted by molar-refractivity contribution is -0.120. The third-order valence-electron chi connectivity index (χ3n) is 4.45. The quantitative estimate of drug-likeness (QED) is 0.914. The van der Waals surface area contributed by atoms with Crippen molar-refractivity contribution < 1.29 is 9.53 Å².